The minimum atomic E-state index is -0.653. The van der Waals surface area contributed by atoms with Crippen molar-refractivity contribution in [3.05, 3.63) is 83.4 Å². The van der Waals surface area contributed by atoms with Crippen molar-refractivity contribution in [1.82, 2.24) is 25.0 Å². The Kier molecular flexibility index (Phi) is 6.44. The van der Waals surface area contributed by atoms with Crippen LogP contribution in [0.25, 0.3) is 21.8 Å². The Morgan fingerprint density at radius 1 is 1.00 bits per heavy atom. The molecule has 1 saturated carbocycles. The predicted molar refractivity (Wildman–Crippen MR) is 159 cm³/mol. The molecule has 1 atom stereocenters. The highest BCUT2D eigenvalue weighted by Crippen LogP contribution is 2.43. The smallest absolute Gasteiger partial charge is 0.150 e. The van der Waals surface area contributed by atoms with Gasteiger partial charge in [-0.1, -0.05) is 44.2 Å². The summed E-state index contributed by atoms with van der Waals surface area (Å²) in [7, 11) is 0. The summed E-state index contributed by atoms with van der Waals surface area (Å²) in [5, 5.41) is 47.2. The molecule has 0 aliphatic heterocycles. The molecule has 1 aliphatic carbocycles. The van der Waals surface area contributed by atoms with Crippen molar-refractivity contribution in [2.24, 2.45) is 5.41 Å². The van der Waals surface area contributed by atoms with Gasteiger partial charge in [0.25, 0.3) is 0 Å². The quantitative estimate of drug-likeness (QED) is 0.255. The highest BCUT2D eigenvalue weighted by Gasteiger charge is 2.47. The summed E-state index contributed by atoms with van der Waals surface area (Å²) in [5.41, 5.74) is 4.26. The average Bonchev–Trinajstić information content (AvgIpc) is 3.64. The van der Waals surface area contributed by atoms with Crippen LogP contribution in [0.15, 0.2) is 61.1 Å². The van der Waals surface area contributed by atoms with Crippen molar-refractivity contribution in [1.29, 1.82) is 15.8 Å². The molecular formula is C32H28N10. The average molecular weight is 553 g/mol. The van der Waals surface area contributed by atoms with Gasteiger partial charge in [-0.05, 0) is 48.1 Å². The molecule has 1 fully saturated rings. The highest BCUT2D eigenvalue weighted by molar-refractivity contribution is 5.99. The van der Waals surface area contributed by atoms with E-state index in [2.05, 4.69) is 69.9 Å². The first-order valence-corrected chi connectivity index (χ1v) is 13.7. The van der Waals surface area contributed by atoms with Crippen molar-refractivity contribution < 1.29 is 0 Å². The zero-order chi connectivity index (χ0) is 29.5. The maximum absolute atomic E-state index is 10.1. The van der Waals surface area contributed by atoms with Crippen LogP contribution in [0.2, 0.25) is 0 Å². The van der Waals surface area contributed by atoms with E-state index in [-0.39, 0.29) is 5.41 Å². The summed E-state index contributed by atoms with van der Waals surface area (Å²) in [6.45, 7) is 6.95. The SMILES string of the molecule is CC(C)(C)CNc1c(C#N)cnc2c(C#N)cc(N[C@H](c3cn(C4(C#N)CC4)nn3)c3cccc4ncccc34)cc12. The zero-order valence-corrected chi connectivity index (χ0v) is 23.5. The number of hydrogen-bond donors (Lipinski definition) is 2. The molecule has 0 bridgehead atoms. The molecule has 5 aromatic rings. The Morgan fingerprint density at radius 3 is 2.52 bits per heavy atom. The molecule has 10 nitrogen and oxygen atoms in total. The number of aromatic nitrogens is 5. The van der Waals surface area contributed by atoms with Gasteiger partial charge >= 0.3 is 0 Å². The van der Waals surface area contributed by atoms with Crippen molar-refractivity contribution in [2.45, 2.75) is 45.2 Å². The van der Waals surface area contributed by atoms with Gasteiger partial charge in [-0.2, -0.15) is 15.8 Å². The van der Waals surface area contributed by atoms with Gasteiger partial charge < -0.3 is 10.6 Å². The van der Waals surface area contributed by atoms with Crippen LogP contribution in [0.3, 0.4) is 0 Å². The van der Waals surface area contributed by atoms with E-state index in [0.717, 1.165) is 29.3 Å². The van der Waals surface area contributed by atoms with Crippen molar-refractivity contribution in [2.75, 3.05) is 17.2 Å². The van der Waals surface area contributed by atoms with Gasteiger partial charge in [0.05, 0.1) is 46.2 Å². The van der Waals surface area contributed by atoms with Crippen LogP contribution in [0.1, 0.15) is 62.0 Å². The Balaban J connectivity index is 1.51. The standard InChI is InChI=1S/C32H28N10/c1-31(2,3)19-38-29-21(15-34)16-37-28-20(14-33)12-22(13-25(28)29)39-30(24-6-4-8-26-23(24)7-5-11-36-26)27-17-42(41-40-27)32(18-35)9-10-32/h4-8,11-13,16-17,30,39H,9-10,19H2,1-3H3,(H,37,38)/t30-/m0/s1. The fourth-order valence-electron chi connectivity index (χ4n) is 5.09. The summed E-state index contributed by atoms with van der Waals surface area (Å²) >= 11 is 0. The summed E-state index contributed by atoms with van der Waals surface area (Å²) in [6.07, 6.45) is 6.55. The Labute approximate surface area is 243 Å². The molecule has 2 N–H and O–H groups in total. The molecular weight excluding hydrogens is 524 g/mol. The first-order chi connectivity index (χ1) is 20.2. The van der Waals surface area contributed by atoms with E-state index in [1.54, 1.807) is 16.9 Å². The van der Waals surface area contributed by atoms with Crippen LogP contribution in [-0.2, 0) is 5.54 Å². The molecule has 6 rings (SSSR count). The number of fused-ring (bicyclic) bond motifs is 2. The minimum absolute atomic E-state index is 0.0437. The summed E-state index contributed by atoms with van der Waals surface area (Å²) in [4.78, 5) is 9.00. The molecule has 1 aliphatic rings. The first kappa shape index (κ1) is 26.7. The second-order valence-electron chi connectivity index (χ2n) is 11.8. The number of benzene rings is 2. The molecule has 42 heavy (non-hydrogen) atoms. The van der Waals surface area contributed by atoms with E-state index < -0.39 is 11.6 Å². The Hall–Kier alpha value is -5.53. The molecule has 10 heteroatoms. The number of nitrogens with one attached hydrogen (secondary N) is 2. The summed E-state index contributed by atoms with van der Waals surface area (Å²) in [5.74, 6) is 0. The Bertz CT molecular complexity index is 1950. The third-order valence-corrected chi connectivity index (χ3v) is 7.49. The van der Waals surface area contributed by atoms with Crippen LogP contribution < -0.4 is 10.6 Å². The largest absolute Gasteiger partial charge is 0.383 e. The fraction of sp³-hybridized carbons (Fsp3) is 0.281. The van der Waals surface area contributed by atoms with E-state index in [1.165, 1.54) is 6.20 Å². The fourth-order valence-corrected chi connectivity index (χ4v) is 5.09. The van der Waals surface area contributed by atoms with Crippen molar-refractivity contribution in [3.63, 3.8) is 0 Å². The van der Waals surface area contributed by atoms with Gasteiger partial charge in [0.15, 0.2) is 5.54 Å². The van der Waals surface area contributed by atoms with Gasteiger partial charge in [-0.25, -0.2) is 4.68 Å². The predicted octanol–water partition coefficient (Wildman–Crippen LogP) is 5.79. The van der Waals surface area contributed by atoms with E-state index in [9.17, 15) is 15.8 Å². The second-order valence-corrected chi connectivity index (χ2v) is 11.8. The van der Waals surface area contributed by atoms with E-state index in [1.807, 2.05) is 42.6 Å². The lowest BCUT2D eigenvalue weighted by molar-refractivity contribution is 0.443. The monoisotopic (exact) mass is 552 g/mol. The normalized spacial score (nSPS) is 14.5. The first-order valence-electron chi connectivity index (χ1n) is 13.7. The maximum atomic E-state index is 10.1. The third-order valence-electron chi connectivity index (χ3n) is 7.49. The van der Waals surface area contributed by atoms with E-state index in [4.69, 9.17) is 0 Å². The van der Waals surface area contributed by atoms with Gasteiger partial charge in [0.1, 0.15) is 17.8 Å². The van der Waals surface area contributed by atoms with Crippen LogP contribution in [0.5, 0.6) is 0 Å². The van der Waals surface area contributed by atoms with Crippen LogP contribution >= 0.6 is 0 Å². The zero-order valence-electron chi connectivity index (χ0n) is 23.5. The highest BCUT2D eigenvalue weighted by atomic mass is 15.5. The van der Waals surface area contributed by atoms with Crippen molar-refractivity contribution >= 4 is 33.2 Å². The molecule has 0 spiro atoms. The molecule has 2 aromatic carbocycles. The van der Waals surface area contributed by atoms with Crippen LogP contribution in [0.4, 0.5) is 11.4 Å². The molecule has 0 radical (unpaired) electrons. The molecule has 0 unspecified atom stereocenters. The number of rotatable bonds is 7. The lowest BCUT2D eigenvalue weighted by atomic mass is 9.96. The molecule has 0 saturated heterocycles. The van der Waals surface area contributed by atoms with Crippen LogP contribution in [0, 0.1) is 39.4 Å². The summed E-state index contributed by atoms with van der Waals surface area (Å²) < 4.78 is 1.65. The van der Waals surface area contributed by atoms with Crippen molar-refractivity contribution in [3.8, 4) is 18.2 Å². The molecule has 3 aromatic heterocycles. The van der Waals surface area contributed by atoms with E-state index in [0.29, 0.717) is 45.6 Å². The van der Waals surface area contributed by atoms with E-state index >= 15 is 0 Å². The van der Waals surface area contributed by atoms with Gasteiger partial charge in [0.2, 0.25) is 0 Å². The summed E-state index contributed by atoms with van der Waals surface area (Å²) in [6, 6.07) is 19.9. The lowest BCUT2D eigenvalue weighted by Crippen LogP contribution is -2.20. The molecule has 206 valence electrons. The maximum Gasteiger partial charge on any atom is 0.150 e. The molecule has 3 heterocycles. The minimum Gasteiger partial charge on any atom is -0.383 e. The third kappa shape index (κ3) is 4.82. The number of hydrogen-bond acceptors (Lipinski definition) is 9. The second kappa shape index (κ2) is 10.1. The van der Waals surface area contributed by atoms with Crippen LogP contribution in [-0.4, -0.2) is 31.5 Å². The van der Waals surface area contributed by atoms with Gasteiger partial charge in [-0.15, -0.1) is 5.10 Å². The van der Waals surface area contributed by atoms with Gasteiger partial charge in [0, 0.05) is 35.4 Å². The number of anilines is 2. The molecule has 0 amide bonds. The topological polar surface area (TPSA) is 152 Å². The lowest BCUT2D eigenvalue weighted by Gasteiger charge is -2.23. The number of pyridine rings is 2. The van der Waals surface area contributed by atoms with Gasteiger partial charge in [-0.3, -0.25) is 9.97 Å². The number of nitriles is 3. The number of nitrogens with zero attached hydrogens (tertiary/aromatic N) is 8. The Morgan fingerprint density at radius 2 is 1.81 bits per heavy atom.